The van der Waals surface area contributed by atoms with Gasteiger partial charge in [0.1, 0.15) is 6.10 Å². The van der Waals surface area contributed by atoms with E-state index in [0.717, 1.165) is 18.5 Å². The Bertz CT molecular complexity index is 372. The van der Waals surface area contributed by atoms with Crippen molar-refractivity contribution in [2.45, 2.75) is 64.2 Å². The molecule has 0 aliphatic heterocycles. The maximum Gasteiger partial charge on any atom is 0.108 e. The van der Waals surface area contributed by atoms with E-state index >= 15 is 0 Å². The van der Waals surface area contributed by atoms with Crippen LogP contribution >= 0.6 is 0 Å². The van der Waals surface area contributed by atoms with E-state index in [2.05, 4.69) is 12.0 Å². The summed E-state index contributed by atoms with van der Waals surface area (Å²) in [5.41, 5.74) is 0.880. The van der Waals surface area contributed by atoms with Gasteiger partial charge >= 0.3 is 0 Å². The largest absolute Gasteiger partial charge is 0.386 e. The van der Waals surface area contributed by atoms with Crippen LogP contribution in [0.3, 0.4) is 0 Å². The topological polar surface area (TPSA) is 47.3 Å². The zero-order valence-corrected chi connectivity index (χ0v) is 12.1. The lowest BCUT2D eigenvalue weighted by atomic mass is 9.82. The molecule has 0 amide bonds. The molecule has 0 aromatic carbocycles. The van der Waals surface area contributed by atoms with Crippen molar-refractivity contribution in [1.29, 1.82) is 0 Å². The highest BCUT2D eigenvalue weighted by atomic mass is 16.5. The molecule has 1 aromatic heterocycles. The zero-order chi connectivity index (χ0) is 13.7. The van der Waals surface area contributed by atoms with E-state index in [9.17, 15) is 5.11 Å². The van der Waals surface area contributed by atoms with Crippen molar-refractivity contribution in [2.75, 3.05) is 7.11 Å². The Hall–Kier alpha value is -0.870. The Balaban J connectivity index is 2.03. The summed E-state index contributed by atoms with van der Waals surface area (Å²) in [6.07, 6.45) is 10.3. The number of rotatable bonds is 6. The van der Waals surface area contributed by atoms with Gasteiger partial charge in [-0.25, -0.2) is 0 Å². The molecular formula is C15H26N2O2. The SMILES string of the molecule is CCCn1cc(C(O)C(OC)C2CCCCC2)cn1. The standard InChI is InChI=1S/C15H26N2O2/c1-3-9-17-11-13(10-16-17)14(18)15(19-2)12-7-5-4-6-8-12/h10-12,14-15,18H,3-9H2,1-2H3. The normalized spacial score (nSPS) is 20.4. The third-order valence-corrected chi connectivity index (χ3v) is 4.15. The maximum absolute atomic E-state index is 10.5. The van der Waals surface area contributed by atoms with Crippen molar-refractivity contribution in [1.82, 2.24) is 9.78 Å². The first kappa shape index (κ1) is 14.5. The van der Waals surface area contributed by atoms with Gasteiger partial charge in [0.2, 0.25) is 0 Å². The van der Waals surface area contributed by atoms with Crippen molar-refractivity contribution in [3.8, 4) is 0 Å². The van der Waals surface area contributed by atoms with E-state index in [1.165, 1.54) is 32.1 Å². The molecule has 1 aliphatic carbocycles. The second-order valence-electron chi connectivity index (χ2n) is 5.58. The van der Waals surface area contributed by atoms with Crippen LogP contribution in [0.5, 0.6) is 0 Å². The summed E-state index contributed by atoms with van der Waals surface area (Å²) in [5, 5.41) is 14.8. The molecule has 0 bridgehead atoms. The van der Waals surface area contributed by atoms with Gasteiger partial charge in [0.25, 0.3) is 0 Å². The Kier molecular flexibility index (Phi) is 5.40. The molecule has 1 aromatic rings. The van der Waals surface area contributed by atoms with Gasteiger partial charge in [0, 0.05) is 25.4 Å². The summed E-state index contributed by atoms with van der Waals surface area (Å²) >= 11 is 0. The average Bonchev–Trinajstić information content (AvgIpc) is 2.90. The maximum atomic E-state index is 10.5. The third-order valence-electron chi connectivity index (χ3n) is 4.15. The van der Waals surface area contributed by atoms with E-state index in [0.29, 0.717) is 5.92 Å². The molecule has 0 radical (unpaired) electrons. The quantitative estimate of drug-likeness (QED) is 0.861. The summed E-state index contributed by atoms with van der Waals surface area (Å²) in [5.74, 6) is 0.475. The first-order valence-corrected chi connectivity index (χ1v) is 7.49. The lowest BCUT2D eigenvalue weighted by molar-refractivity contribution is -0.0559. The van der Waals surface area contributed by atoms with Gasteiger partial charge in [-0.2, -0.15) is 5.10 Å². The lowest BCUT2D eigenvalue weighted by Gasteiger charge is -2.32. The number of aryl methyl sites for hydroxylation is 1. The molecule has 4 heteroatoms. The van der Waals surface area contributed by atoms with Crippen molar-refractivity contribution < 1.29 is 9.84 Å². The number of methoxy groups -OCH3 is 1. The van der Waals surface area contributed by atoms with E-state index in [-0.39, 0.29) is 6.10 Å². The van der Waals surface area contributed by atoms with Crippen LogP contribution in [0.4, 0.5) is 0 Å². The van der Waals surface area contributed by atoms with Gasteiger partial charge in [-0.15, -0.1) is 0 Å². The summed E-state index contributed by atoms with van der Waals surface area (Å²) < 4.78 is 7.48. The van der Waals surface area contributed by atoms with E-state index < -0.39 is 6.10 Å². The summed E-state index contributed by atoms with van der Waals surface area (Å²) in [4.78, 5) is 0. The second kappa shape index (κ2) is 7.06. The minimum atomic E-state index is -0.557. The molecule has 2 rings (SSSR count). The highest BCUT2D eigenvalue weighted by Crippen LogP contribution is 2.33. The van der Waals surface area contributed by atoms with Gasteiger partial charge in [-0.05, 0) is 25.2 Å². The highest BCUT2D eigenvalue weighted by Gasteiger charge is 2.31. The number of ether oxygens (including phenoxy) is 1. The molecule has 108 valence electrons. The second-order valence-corrected chi connectivity index (χ2v) is 5.58. The highest BCUT2D eigenvalue weighted by molar-refractivity contribution is 5.10. The van der Waals surface area contributed by atoms with Crippen molar-refractivity contribution >= 4 is 0 Å². The predicted molar refractivity (Wildman–Crippen MR) is 74.8 cm³/mol. The predicted octanol–water partition coefficient (Wildman–Crippen LogP) is 2.92. The van der Waals surface area contributed by atoms with E-state index in [1.807, 2.05) is 10.9 Å². The number of nitrogens with zero attached hydrogens (tertiary/aromatic N) is 2. The van der Waals surface area contributed by atoms with Crippen LogP contribution < -0.4 is 0 Å². The van der Waals surface area contributed by atoms with Crippen molar-refractivity contribution in [3.63, 3.8) is 0 Å². The fourth-order valence-corrected chi connectivity index (χ4v) is 3.12. The van der Waals surface area contributed by atoms with Crippen LogP contribution in [-0.4, -0.2) is 28.1 Å². The smallest absolute Gasteiger partial charge is 0.108 e. The van der Waals surface area contributed by atoms with Crippen LogP contribution in [0.25, 0.3) is 0 Å². The minimum Gasteiger partial charge on any atom is -0.386 e. The first-order valence-electron chi connectivity index (χ1n) is 7.49. The van der Waals surface area contributed by atoms with E-state index in [4.69, 9.17) is 4.74 Å². The molecule has 2 atom stereocenters. The van der Waals surface area contributed by atoms with E-state index in [1.54, 1.807) is 13.3 Å². The molecule has 1 saturated carbocycles. The van der Waals surface area contributed by atoms with Crippen LogP contribution in [-0.2, 0) is 11.3 Å². The zero-order valence-electron chi connectivity index (χ0n) is 12.1. The monoisotopic (exact) mass is 266 g/mol. The van der Waals surface area contributed by atoms with Crippen molar-refractivity contribution in [3.05, 3.63) is 18.0 Å². The fourth-order valence-electron chi connectivity index (χ4n) is 3.12. The van der Waals surface area contributed by atoms with Crippen LogP contribution in [0.2, 0.25) is 0 Å². The lowest BCUT2D eigenvalue weighted by Crippen LogP contribution is -2.31. The van der Waals surface area contributed by atoms with Gasteiger partial charge in [-0.1, -0.05) is 26.2 Å². The van der Waals surface area contributed by atoms with Crippen LogP contribution in [0, 0.1) is 5.92 Å². The fraction of sp³-hybridized carbons (Fsp3) is 0.800. The molecule has 1 N–H and O–H groups in total. The molecule has 19 heavy (non-hydrogen) atoms. The number of aliphatic hydroxyl groups excluding tert-OH is 1. The number of aromatic nitrogens is 2. The molecule has 2 unspecified atom stereocenters. The average molecular weight is 266 g/mol. The van der Waals surface area contributed by atoms with Crippen LogP contribution in [0.1, 0.15) is 57.1 Å². The molecule has 1 fully saturated rings. The molecular weight excluding hydrogens is 240 g/mol. The Labute approximate surface area is 115 Å². The van der Waals surface area contributed by atoms with Gasteiger partial charge in [-0.3, -0.25) is 4.68 Å². The summed E-state index contributed by atoms with van der Waals surface area (Å²) in [7, 11) is 1.71. The molecule has 1 heterocycles. The van der Waals surface area contributed by atoms with Gasteiger partial charge < -0.3 is 9.84 Å². The van der Waals surface area contributed by atoms with Gasteiger partial charge in [0.15, 0.2) is 0 Å². The molecule has 0 spiro atoms. The van der Waals surface area contributed by atoms with Crippen molar-refractivity contribution in [2.24, 2.45) is 5.92 Å². The summed E-state index contributed by atoms with van der Waals surface area (Å²) in [6.45, 7) is 3.02. The summed E-state index contributed by atoms with van der Waals surface area (Å²) in [6, 6.07) is 0. The molecule has 1 aliphatic rings. The Morgan fingerprint density at radius 3 is 2.79 bits per heavy atom. The third kappa shape index (κ3) is 3.57. The molecule has 0 saturated heterocycles. The number of hydrogen-bond acceptors (Lipinski definition) is 3. The van der Waals surface area contributed by atoms with Crippen LogP contribution in [0.15, 0.2) is 12.4 Å². The first-order chi connectivity index (χ1) is 9.26. The Morgan fingerprint density at radius 2 is 2.16 bits per heavy atom. The molecule has 4 nitrogen and oxygen atoms in total. The number of hydrogen-bond donors (Lipinski definition) is 1. The van der Waals surface area contributed by atoms with Gasteiger partial charge in [0.05, 0.1) is 12.3 Å². The Morgan fingerprint density at radius 1 is 1.42 bits per heavy atom. The minimum absolute atomic E-state index is 0.0976. The number of aliphatic hydroxyl groups is 1.